The van der Waals surface area contributed by atoms with Crippen LogP contribution in [0, 0.1) is 19.7 Å². The number of hydrogen-bond acceptors (Lipinski definition) is 5. The maximum absolute atomic E-state index is 14.0. The average Bonchev–Trinajstić information content (AvgIpc) is 2.95. The summed E-state index contributed by atoms with van der Waals surface area (Å²) in [6.45, 7) is 3.70. The molecule has 1 N–H and O–H groups in total. The van der Waals surface area contributed by atoms with E-state index in [1.807, 2.05) is 13.8 Å². The van der Waals surface area contributed by atoms with Crippen LogP contribution in [0.2, 0.25) is 5.02 Å². The summed E-state index contributed by atoms with van der Waals surface area (Å²) < 4.78 is 19.2. The first-order chi connectivity index (χ1) is 12.5. The summed E-state index contributed by atoms with van der Waals surface area (Å²) >= 11 is 7.14. The standard InChI is InChI=1S/C18H15ClFN3O2S/c1-10-13(11(2)25-23-10)9-26-18-12(5-4-8-21-18)17(24)22-15-7-3-6-14(19)16(15)20/h3-8H,9H2,1-2H3,(H,22,24). The van der Waals surface area contributed by atoms with E-state index in [1.54, 1.807) is 24.4 Å². The van der Waals surface area contributed by atoms with Crippen molar-refractivity contribution in [2.24, 2.45) is 0 Å². The third-order valence-corrected chi connectivity index (χ3v) is 5.07. The third kappa shape index (κ3) is 3.89. The van der Waals surface area contributed by atoms with Gasteiger partial charge in [-0.1, -0.05) is 22.8 Å². The summed E-state index contributed by atoms with van der Waals surface area (Å²) in [7, 11) is 0. The van der Waals surface area contributed by atoms with Gasteiger partial charge in [0.05, 0.1) is 22.0 Å². The molecule has 0 radical (unpaired) electrons. The lowest BCUT2D eigenvalue weighted by molar-refractivity contribution is 0.102. The summed E-state index contributed by atoms with van der Waals surface area (Å²) in [6, 6.07) is 7.73. The molecule has 0 atom stereocenters. The molecule has 0 bridgehead atoms. The van der Waals surface area contributed by atoms with Crippen LogP contribution in [-0.2, 0) is 5.75 Å². The first-order valence-corrected chi connectivity index (χ1v) is 9.08. The fourth-order valence-electron chi connectivity index (χ4n) is 2.32. The third-order valence-electron chi connectivity index (χ3n) is 3.75. The quantitative estimate of drug-likeness (QED) is 0.618. The number of hydrogen-bond donors (Lipinski definition) is 1. The van der Waals surface area contributed by atoms with E-state index >= 15 is 0 Å². The molecule has 0 fully saturated rings. The van der Waals surface area contributed by atoms with E-state index in [2.05, 4.69) is 15.5 Å². The van der Waals surface area contributed by atoms with Gasteiger partial charge in [-0.15, -0.1) is 11.8 Å². The zero-order chi connectivity index (χ0) is 18.7. The minimum atomic E-state index is -0.670. The van der Waals surface area contributed by atoms with Gasteiger partial charge < -0.3 is 9.84 Å². The molecule has 1 amide bonds. The van der Waals surface area contributed by atoms with E-state index in [4.69, 9.17) is 16.1 Å². The average molecular weight is 392 g/mol. The van der Waals surface area contributed by atoms with Crippen LogP contribution in [0.1, 0.15) is 27.4 Å². The van der Waals surface area contributed by atoms with Crippen molar-refractivity contribution < 1.29 is 13.7 Å². The monoisotopic (exact) mass is 391 g/mol. The van der Waals surface area contributed by atoms with Gasteiger partial charge in [-0.25, -0.2) is 9.37 Å². The molecule has 1 aromatic carbocycles. The molecule has 3 aromatic rings. The molecular formula is C18H15ClFN3O2S. The van der Waals surface area contributed by atoms with Gasteiger partial charge >= 0.3 is 0 Å². The number of amides is 1. The molecule has 5 nitrogen and oxygen atoms in total. The van der Waals surface area contributed by atoms with Gasteiger partial charge in [0, 0.05) is 17.5 Å². The molecule has 2 heterocycles. The van der Waals surface area contributed by atoms with Crippen molar-refractivity contribution in [2.45, 2.75) is 24.6 Å². The molecule has 0 unspecified atom stereocenters. The number of thioether (sulfide) groups is 1. The molecule has 0 aliphatic carbocycles. The number of aryl methyl sites for hydroxylation is 2. The van der Waals surface area contributed by atoms with E-state index in [-0.39, 0.29) is 10.7 Å². The highest BCUT2D eigenvalue weighted by atomic mass is 35.5. The highest BCUT2D eigenvalue weighted by Crippen LogP contribution is 2.28. The van der Waals surface area contributed by atoms with E-state index in [0.717, 1.165) is 17.0 Å². The van der Waals surface area contributed by atoms with Crippen LogP contribution in [0.5, 0.6) is 0 Å². The Kier molecular flexibility index (Phi) is 5.58. The number of nitrogens with zero attached hydrogens (tertiary/aromatic N) is 2. The van der Waals surface area contributed by atoms with Crippen LogP contribution >= 0.6 is 23.4 Å². The first-order valence-electron chi connectivity index (χ1n) is 7.72. The maximum Gasteiger partial charge on any atom is 0.258 e. The van der Waals surface area contributed by atoms with Crippen molar-refractivity contribution in [1.29, 1.82) is 0 Å². The molecule has 3 rings (SSSR count). The Morgan fingerprint density at radius 1 is 1.31 bits per heavy atom. The number of anilines is 1. The smallest absolute Gasteiger partial charge is 0.258 e. The topological polar surface area (TPSA) is 68.0 Å². The Bertz CT molecular complexity index is 942. The van der Waals surface area contributed by atoms with Gasteiger partial charge in [0.1, 0.15) is 10.8 Å². The molecule has 2 aromatic heterocycles. The Morgan fingerprint density at radius 2 is 2.12 bits per heavy atom. The van der Waals surface area contributed by atoms with Gasteiger partial charge in [0.2, 0.25) is 0 Å². The zero-order valence-corrected chi connectivity index (χ0v) is 15.6. The van der Waals surface area contributed by atoms with Crippen molar-refractivity contribution in [3.8, 4) is 0 Å². The second-order valence-corrected chi connectivity index (χ2v) is 6.87. The molecule has 0 saturated carbocycles. The van der Waals surface area contributed by atoms with Gasteiger partial charge in [-0.05, 0) is 38.1 Å². The van der Waals surface area contributed by atoms with Crippen molar-refractivity contribution in [2.75, 3.05) is 5.32 Å². The Balaban J connectivity index is 1.80. The van der Waals surface area contributed by atoms with Crippen molar-refractivity contribution in [3.63, 3.8) is 0 Å². The fourth-order valence-corrected chi connectivity index (χ4v) is 3.64. The Morgan fingerprint density at radius 3 is 2.85 bits per heavy atom. The molecule has 0 spiro atoms. The molecule has 0 saturated heterocycles. The van der Waals surface area contributed by atoms with Crippen molar-refractivity contribution in [3.05, 3.63) is 69.9 Å². The SMILES string of the molecule is Cc1noc(C)c1CSc1ncccc1C(=O)Nc1cccc(Cl)c1F. The number of carbonyl (C=O) groups is 1. The first kappa shape index (κ1) is 18.4. The normalized spacial score (nSPS) is 10.8. The highest BCUT2D eigenvalue weighted by Gasteiger charge is 2.17. The van der Waals surface area contributed by atoms with Crippen LogP contribution < -0.4 is 5.32 Å². The lowest BCUT2D eigenvalue weighted by Gasteiger charge is -2.10. The molecule has 26 heavy (non-hydrogen) atoms. The molecule has 0 aliphatic heterocycles. The van der Waals surface area contributed by atoms with Gasteiger partial charge in [-0.3, -0.25) is 4.79 Å². The molecule has 0 aliphatic rings. The molecule has 134 valence electrons. The predicted octanol–water partition coefficient (Wildman–Crippen LogP) is 5.02. The number of rotatable bonds is 5. The van der Waals surface area contributed by atoms with Gasteiger partial charge in [-0.2, -0.15) is 0 Å². The maximum atomic E-state index is 14.0. The zero-order valence-electron chi connectivity index (χ0n) is 14.0. The number of halogens is 2. The molecular weight excluding hydrogens is 377 g/mol. The summed E-state index contributed by atoms with van der Waals surface area (Å²) in [5.41, 5.74) is 2.14. The van der Waals surface area contributed by atoms with E-state index < -0.39 is 11.7 Å². The largest absolute Gasteiger partial charge is 0.361 e. The number of benzene rings is 1. The van der Waals surface area contributed by atoms with Crippen LogP contribution in [0.4, 0.5) is 10.1 Å². The highest BCUT2D eigenvalue weighted by molar-refractivity contribution is 7.98. The van der Waals surface area contributed by atoms with Crippen molar-refractivity contribution in [1.82, 2.24) is 10.1 Å². The minimum Gasteiger partial charge on any atom is -0.361 e. The predicted molar refractivity (Wildman–Crippen MR) is 99.1 cm³/mol. The minimum absolute atomic E-state index is 0.0213. The lowest BCUT2D eigenvalue weighted by Crippen LogP contribution is -2.14. The molecule has 8 heteroatoms. The lowest BCUT2D eigenvalue weighted by atomic mass is 10.2. The van der Waals surface area contributed by atoms with Crippen LogP contribution in [0.25, 0.3) is 0 Å². The number of nitrogens with one attached hydrogen (secondary N) is 1. The van der Waals surface area contributed by atoms with E-state index in [9.17, 15) is 9.18 Å². The fraction of sp³-hybridized carbons (Fsp3) is 0.167. The van der Waals surface area contributed by atoms with Gasteiger partial charge in [0.15, 0.2) is 5.82 Å². The van der Waals surface area contributed by atoms with E-state index in [0.29, 0.717) is 16.3 Å². The summed E-state index contributed by atoms with van der Waals surface area (Å²) in [5.74, 6) is 0.166. The number of carbonyl (C=O) groups excluding carboxylic acids is 1. The van der Waals surface area contributed by atoms with Crippen LogP contribution in [-0.4, -0.2) is 16.0 Å². The van der Waals surface area contributed by atoms with Crippen molar-refractivity contribution >= 4 is 35.0 Å². The Labute approximate surface area is 158 Å². The Hall–Kier alpha value is -2.38. The van der Waals surface area contributed by atoms with Gasteiger partial charge in [0.25, 0.3) is 5.91 Å². The van der Waals surface area contributed by atoms with E-state index in [1.165, 1.54) is 23.9 Å². The summed E-state index contributed by atoms with van der Waals surface area (Å²) in [6.07, 6.45) is 1.60. The summed E-state index contributed by atoms with van der Waals surface area (Å²) in [4.78, 5) is 16.9. The van der Waals surface area contributed by atoms with Crippen LogP contribution in [0.3, 0.4) is 0 Å². The number of aromatic nitrogens is 2. The van der Waals surface area contributed by atoms with Crippen LogP contribution in [0.15, 0.2) is 46.1 Å². The number of pyridine rings is 1. The second-order valence-electron chi connectivity index (χ2n) is 5.50. The second kappa shape index (κ2) is 7.88. The summed E-state index contributed by atoms with van der Waals surface area (Å²) in [5, 5.41) is 6.94.